The molecule has 0 spiro atoms. The van der Waals surface area contributed by atoms with E-state index < -0.39 is 0 Å². The number of aliphatic imine (C=N–C) groups is 1. The van der Waals surface area contributed by atoms with Gasteiger partial charge in [-0.1, -0.05) is 19.3 Å². The smallest absolute Gasteiger partial charge is 0.191 e. The first-order chi connectivity index (χ1) is 7.20. The first-order valence-electron chi connectivity index (χ1n) is 6.28. The zero-order valence-corrected chi connectivity index (χ0v) is 9.95. The van der Waals surface area contributed by atoms with Gasteiger partial charge in [-0.15, -0.1) is 0 Å². The van der Waals surface area contributed by atoms with E-state index in [2.05, 4.69) is 23.7 Å². The molecule has 1 aliphatic carbocycles. The molecule has 0 aromatic rings. The fourth-order valence-corrected chi connectivity index (χ4v) is 3.07. The molecule has 0 bridgehead atoms. The van der Waals surface area contributed by atoms with Crippen LogP contribution in [0, 0.1) is 5.92 Å². The van der Waals surface area contributed by atoms with Crippen molar-refractivity contribution in [2.75, 3.05) is 6.54 Å². The molecule has 1 heterocycles. The van der Waals surface area contributed by atoms with Crippen LogP contribution in [0.2, 0.25) is 0 Å². The third-order valence-corrected chi connectivity index (χ3v) is 3.81. The van der Waals surface area contributed by atoms with E-state index in [0.29, 0.717) is 12.1 Å². The second kappa shape index (κ2) is 4.42. The molecule has 1 aliphatic heterocycles. The van der Waals surface area contributed by atoms with Gasteiger partial charge in [-0.25, -0.2) is 0 Å². The van der Waals surface area contributed by atoms with E-state index in [0.717, 1.165) is 18.4 Å². The minimum atomic E-state index is 0.489. The van der Waals surface area contributed by atoms with Crippen molar-refractivity contribution in [1.82, 2.24) is 4.90 Å². The Morgan fingerprint density at radius 2 is 1.93 bits per heavy atom. The zero-order valence-electron chi connectivity index (χ0n) is 9.95. The molecule has 2 aliphatic rings. The molecule has 1 saturated carbocycles. The summed E-state index contributed by atoms with van der Waals surface area (Å²) in [6.45, 7) is 5.35. The van der Waals surface area contributed by atoms with Crippen LogP contribution in [0.5, 0.6) is 0 Å². The predicted octanol–water partition coefficient (Wildman–Crippen LogP) is 1.97. The summed E-state index contributed by atoms with van der Waals surface area (Å²) < 4.78 is 0. The minimum Gasteiger partial charge on any atom is -0.370 e. The highest BCUT2D eigenvalue weighted by atomic mass is 15.3. The van der Waals surface area contributed by atoms with Crippen LogP contribution in [-0.4, -0.2) is 29.5 Å². The molecule has 1 atom stereocenters. The van der Waals surface area contributed by atoms with Gasteiger partial charge in [-0.05, 0) is 32.6 Å². The highest BCUT2D eigenvalue weighted by molar-refractivity contribution is 5.80. The molecule has 0 aromatic carbocycles. The first kappa shape index (κ1) is 10.8. The fourth-order valence-electron chi connectivity index (χ4n) is 3.07. The van der Waals surface area contributed by atoms with Gasteiger partial charge < -0.3 is 10.6 Å². The number of nitrogens with two attached hydrogens (primary N) is 1. The minimum absolute atomic E-state index is 0.489. The van der Waals surface area contributed by atoms with Crippen molar-refractivity contribution < 1.29 is 0 Å². The molecule has 2 N–H and O–H groups in total. The van der Waals surface area contributed by atoms with Crippen molar-refractivity contribution >= 4 is 5.96 Å². The molecule has 3 heteroatoms. The summed E-state index contributed by atoms with van der Waals surface area (Å²) in [7, 11) is 0. The summed E-state index contributed by atoms with van der Waals surface area (Å²) in [5.41, 5.74) is 5.95. The Hall–Kier alpha value is -0.730. The molecule has 86 valence electrons. The molecule has 0 amide bonds. The molecule has 0 saturated heterocycles. The molecule has 15 heavy (non-hydrogen) atoms. The van der Waals surface area contributed by atoms with Crippen LogP contribution in [0.15, 0.2) is 4.99 Å². The van der Waals surface area contributed by atoms with Crippen molar-refractivity contribution in [1.29, 1.82) is 0 Å². The maximum atomic E-state index is 5.95. The largest absolute Gasteiger partial charge is 0.370 e. The summed E-state index contributed by atoms with van der Waals surface area (Å²) in [6.07, 6.45) is 6.95. The topological polar surface area (TPSA) is 41.6 Å². The Morgan fingerprint density at radius 1 is 1.27 bits per heavy atom. The van der Waals surface area contributed by atoms with Crippen molar-refractivity contribution in [2.45, 2.75) is 58.0 Å². The van der Waals surface area contributed by atoms with E-state index in [-0.39, 0.29) is 0 Å². The first-order valence-corrected chi connectivity index (χ1v) is 6.28. The molecule has 0 radical (unpaired) electrons. The van der Waals surface area contributed by atoms with Crippen molar-refractivity contribution in [3.05, 3.63) is 0 Å². The monoisotopic (exact) mass is 209 g/mol. The van der Waals surface area contributed by atoms with Crippen LogP contribution in [0.1, 0.15) is 46.0 Å². The Balaban J connectivity index is 2.02. The van der Waals surface area contributed by atoms with Gasteiger partial charge in [0.05, 0.1) is 12.6 Å². The second-order valence-corrected chi connectivity index (χ2v) is 5.17. The predicted molar refractivity (Wildman–Crippen MR) is 63.8 cm³/mol. The van der Waals surface area contributed by atoms with Crippen molar-refractivity contribution in [2.24, 2.45) is 16.6 Å². The lowest BCUT2D eigenvalue weighted by molar-refractivity contribution is 0.177. The van der Waals surface area contributed by atoms with Crippen LogP contribution in [0.3, 0.4) is 0 Å². The highest BCUT2D eigenvalue weighted by Crippen LogP contribution is 2.31. The van der Waals surface area contributed by atoms with Crippen LogP contribution >= 0.6 is 0 Å². The number of hydrogen-bond donors (Lipinski definition) is 1. The third kappa shape index (κ3) is 2.11. The lowest BCUT2D eigenvalue weighted by Gasteiger charge is -2.37. The zero-order chi connectivity index (χ0) is 10.8. The maximum Gasteiger partial charge on any atom is 0.191 e. The molecule has 1 fully saturated rings. The molecular formula is C12H23N3. The lowest BCUT2D eigenvalue weighted by atomic mass is 9.83. The quantitative estimate of drug-likeness (QED) is 0.755. The number of rotatable bonds is 2. The van der Waals surface area contributed by atoms with E-state index >= 15 is 0 Å². The molecule has 1 unspecified atom stereocenters. The van der Waals surface area contributed by atoms with Gasteiger partial charge in [0.1, 0.15) is 0 Å². The van der Waals surface area contributed by atoms with Crippen molar-refractivity contribution in [3.8, 4) is 0 Å². The Morgan fingerprint density at radius 3 is 2.53 bits per heavy atom. The van der Waals surface area contributed by atoms with Gasteiger partial charge in [0.2, 0.25) is 0 Å². The molecule has 2 rings (SSSR count). The number of hydrogen-bond acceptors (Lipinski definition) is 3. The van der Waals surface area contributed by atoms with Crippen LogP contribution in [0.25, 0.3) is 0 Å². The molecule has 0 aromatic heterocycles. The second-order valence-electron chi connectivity index (χ2n) is 5.17. The summed E-state index contributed by atoms with van der Waals surface area (Å²) in [4.78, 5) is 6.75. The lowest BCUT2D eigenvalue weighted by Crippen LogP contribution is -2.48. The van der Waals surface area contributed by atoms with Gasteiger partial charge in [-0.3, -0.25) is 4.99 Å². The normalized spacial score (nSPS) is 28.6. The van der Waals surface area contributed by atoms with E-state index in [1.54, 1.807) is 0 Å². The maximum absolute atomic E-state index is 5.95. The number of nitrogens with zero attached hydrogens (tertiary/aromatic N) is 2. The summed E-state index contributed by atoms with van der Waals surface area (Å²) in [5, 5.41) is 0. The van der Waals surface area contributed by atoms with E-state index in [9.17, 15) is 0 Å². The SMILES string of the molecule is CC(C)N1C(N)=NCC1C1CCCCC1. The number of guanidine groups is 1. The summed E-state index contributed by atoms with van der Waals surface area (Å²) in [5.74, 6) is 1.59. The molecular weight excluding hydrogens is 186 g/mol. The van der Waals surface area contributed by atoms with Gasteiger partial charge in [0.25, 0.3) is 0 Å². The van der Waals surface area contributed by atoms with Gasteiger partial charge in [-0.2, -0.15) is 0 Å². The van der Waals surface area contributed by atoms with Gasteiger partial charge in [0.15, 0.2) is 5.96 Å². The average molecular weight is 209 g/mol. The Bertz CT molecular complexity index is 241. The summed E-state index contributed by atoms with van der Waals surface area (Å²) in [6, 6.07) is 1.08. The summed E-state index contributed by atoms with van der Waals surface area (Å²) >= 11 is 0. The van der Waals surface area contributed by atoms with Crippen molar-refractivity contribution in [3.63, 3.8) is 0 Å². The van der Waals surface area contributed by atoms with Crippen LogP contribution < -0.4 is 5.73 Å². The average Bonchev–Trinajstić information content (AvgIpc) is 2.61. The van der Waals surface area contributed by atoms with Crippen LogP contribution in [-0.2, 0) is 0 Å². The Kier molecular flexibility index (Phi) is 3.17. The molecule has 3 nitrogen and oxygen atoms in total. The van der Waals surface area contributed by atoms with E-state index in [4.69, 9.17) is 5.73 Å². The van der Waals surface area contributed by atoms with E-state index in [1.807, 2.05) is 0 Å². The third-order valence-electron chi connectivity index (χ3n) is 3.81. The highest BCUT2D eigenvalue weighted by Gasteiger charge is 2.34. The van der Waals surface area contributed by atoms with E-state index in [1.165, 1.54) is 32.1 Å². The van der Waals surface area contributed by atoms with Gasteiger partial charge in [0, 0.05) is 6.04 Å². The Labute approximate surface area is 92.7 Å². The van der Waals surface area contributed by atoms with Crippen LogP contribution in [0.4, 0.5) is 0 Å². The fraction of sp³-hybridized carbons (Fsp3) is 0.917. The standard InChI is InChI=1S/C12H23N3/c1-9(2)15-11(8-14-12(15)13)10-6-4-3-5-7-10/h9-11H,3-8H2,1-2H3,(H2,13,14). The van der Waals surface area contributed by atoms with Gasteiger partial charge >= 0.3 is 0 Å².